The average molecular weight is 367 g/mol. The Hall–Kier alpha value is -3.06. The molecule has 140 valence electrons. The topological polar surface area (TPSA) is 88.6 Å². The molecule has 0 spiro atoms. The SMILES string of the molecule is CN(C)CCC[n+]1cnc2c(c1N)[C@@H](c1ccco1)c1ccc(O)cc1O2. The first kappa shape index (κ1) is 17.4. The number of aromatic hydroxyl groups is 1. The van der Waals surface area contributed by atoms with Crippen LogP contribution in [0.25, 0.3) is 0 Å². The number of phenols is 1. The summed E-state index contributed by atoms with van der Waals surface area (Å²) in [6.07, 6.45) is 4.30. The molecule has 3 heterocycles. The number of aryl methyl sites for hydroxylation is 1. The Kier molecular flexibility index (Phi) is 4.45. The lowest BCUT2D eigenvalue weighted by Crippen LogP contribution is -2.40. The van der Waals surface area contributed by atoms with Gasteiger partial charge in [-0.25, -0.2) is 4.57 Å². The molecule has 2 aromatic heterocycles. The molecule has 0 fully saturated rings. The van der Waals surface area contributed by atoms with Crippen LogP contribution in [-0.4, -0.2) is 35.6 Å². The Morgan fingerprint density at radius 1 is 1.30 bits per heavy atom. The number of nitrogens with two attached hydrogens (primary N) is 1. The standard InChI is InChI=1S/C20H22N4O3/c1-23(2)8-4-9-24-12-22-20-18(19(24)21)17(15-5-3-10-26-15)14-7-6-13(25)11-16(14)27-20/h3,5-7,10-12,17,21,25H,4,8-9H2,1-2H3/p+1/t17-/m1/s1. The van der Waals surface area contributed by atoms with E-state index >= 15 is 0 Å². The van der Waals surface area contributed by atoms with Crippen molar-refractivity contribution in [1.29, 1.82) is 0 Å². The Labute approximate surface area is 157 Å². The van der Waals surface area contributed by atoms with Crippen LogP contribution in [0.2, 0.25) is 0 Å². The van der Waals surface area contributed by atoms with Crippen LogP contribution in [0.4, 0.5) is 5.82 Å². The van der Waals surface area contributed by atoms with Crippen LogP contribution in [0.1, 0.15) is 29.2 Å². The highest BCUT2D eigenvalue weighted by Gasteiger charge is 2.37. The predicted molar refractivity (Wildman–Crippen MR) is 99.8 cm³/mol. The zero-order chi connectivity index (χ0) is 19.0. The smallest absolute Gasteiger partial charge is 0.306 e. The fourth-order valence-corrected chi connectivity index (χ4v) is 3.47. The number of rotatable bonds is 5. The van der Waals surface area contributed by atoms with Gasteiger partial charge in [0.15, 0.2) is 0 Å². The van der Waals surface area contributed by atoms with Crippen molar-refractivity contribution in [2.75, 3.05) is 26.4 Å². The number of nitrogen functional groups attached to an aromatic ring is 1. The summed E-state index contributed by atoms with van der Waals surface area (Å²) in [5, 5.41) is 9.84. The normalized spacial score (nSPS) is 15.3. The number of furan rings is 1. The van der Waals surface area contributed by atoms with Crippen LogP contribution in [0.3, 0.4) is 0 Å². The number of hydrogen-bond donors (Lipinski definition) is 2. The molecule has 0 aliphatic carbocycles. The van der Waals surface area contributed by atoms with Crippen molar-refractivity contribution >= 4 is 5.82 Å². The van der Waals surface area contributed by atoms with Gasteiger partial charge >= 0.3 is 5.88 Å². The second kappa shape index (κ2) is 6.92. The van der Waals surface area contributed by atoms with Crippen LogP contribution in [0, 0.1) is 0 Å². The number of aromatic nitrogens is 2. The van der Waals surface area contributed by atoms with Crippen LogP contribution in [0.5, 0.6) is 17.4 Å². The van der Waals surface area contributed by atoms with Crippen LogP contribution in [-0.2, 0) is 6.54 Å². The molecule has 7 heteroatoms. The lowest BCUT2D eigenvalue weighted by Gasteiger charge is -2.25. The first-order valence-corrected chi connectivity index (χ1v) is 8.91. The van der Waals surface area contributed by atoms with Crippen molar-refractivity contribution in [2.45, 2.75) is 18.9 Å². The monoisotopic (exact) mass is 367 g/mol. The summed E-state index contributed by atoms with van der Waals surface area (Å²) in [7, 11) is 4.10. The van der Waals surface area contributed by atoms with Crippen LogP contribution >= 0.6 is 0 Å². The van der Waals surface area contributed by atoms with Crippen molar-refractivity contribution in [3.8, 4) is 17.4 Å². The largest absolute Gasteiger partial charge is 0.508 e. The summed E-state index contributed by atoms with van der Waals surface area (Å²) in [4.78, 5) is 6.63. The maximum absolute atomic E-state index is 9.84. The molecule has 1 atom stereocenters. The number of phenolic OH excluding ortho intramolecular Hbond substituents is 1. The van der Waals surface area contributed by atoms with Gasteiger partial charge in [-0.15, -0.1) is 0 Å². The van der Waals surface area contributed by atoms with E-state index in [1.165, 1.54) is 0 Å². The highest BCUT2D eigenvalue weighted by molar-refractivity contribution is 5.60. The van der Waals surface area contributed by atoms with Crippen LogP contribution < -0.4 is 15.0 Å². The van der Waals surface area contributed by atoms with Gasteiger partial charge in [-0.1, -0.05) is 11.1 Å². The molecular weight excluding hydrogens is 344 g/mol. The molecule has 7 nitrogen and oxygen atoms in total. The molecule has 4 rings (SSSR count). The Morgan fingerprint density at radius 3 is 2.89 bits per heavy atom. The lowest BCUT2D eigenvalue weighted by atomic mass is 9.87. The van der Waals surface area contributed by atoms with Gasteiger partial charge in [0, 0.05) is 18.2 Å². The Balaban J connectivity index is 1.80. The van der Waals surface area contributed by atoms with E-state index in [9.17, 15) is 5.11 Å². The molecule has 3 aromatic rings. The molecule has 0 bridgehead atoms. The van der Waals surface area contributed by atoms with Gasteiger partial charge in [0.25, 0.3) is 0 Å². The van der Waals surface area contributed by atoms with Gasteiger partial charge in [-0.2, -0.15) is 0 Å². The number of ether oxygens (including phenoxy) is 1. The summed E-state index contributed by atoms with van der Waals surface area (Å²) in [6.45, 7) is 1.72. The molecular formula is C20H23N4O3+. The average Bonchev–Trinajstić information content (AvgIpc) is 3.16. The molecule has 1 aliphatic rings. The minimum absolute atomic E-state index is 0.137. The third-order valence-corrected chi connectivity index (χ3v) is 4.77. The second-order valence-corrected chi connectivity index (χ2v) is 6.97. The van der Waals surface area contributed by atoms with Crippen molar-refractivity contribution in [3.63, 3.8) is 0 Å². The van der Waals surface area contributed by atoms with Gasteiger partial charge in [0.05, 0.1) is 18.7 Å². The number of anilines is 1. The summed E-state index contributed by atoms with van der Waals surface area (Å²) in [5.74, 6) is 2.26. The summed E-state index contributed by atoms with van der Waals surface area (Å²) < 4.78 is 13.6. The number of benzene rings is 1. The first-order chi connectivity index (χ1) is 13.0. The third-order valence-electron chi connectivity index (χ3n) is 4.77. The van der Waals surface area contributed by atoms with Crippen LogP contribution in [0.15, 0.2) is 47.3 Å². The molecule has 0 amide bonds. The zero-order valence-electron chi connectivity index (χ0n) is 15.4. The van der Waals surface area contributed by atoms with E-state index in [1.807, 2.05) is 36.9 Å². The van der Waals surface area contributed by atoms with Crippen molar-refractivity contribution in [2.24, 2.45) is 0 Å². The van der Waals surface area contributed by atoms with E-state index in [-0.39, 0.29) is 11.7 Å². The van der Waals surface area contributed by atoms with Gasteiger partial charge in [-0.3, -0.25) is 0 Å². The van der Waals surface area contributed by atoms with Gasteiger partial charge in [-0.05, 0) is 38.7 Å². The molecule has 1 aliphatic heterocycles. The Morgan fingerprint density at radius 2 is 2.15 bits per heavy atom. The maximum Gasteiger partial charge on any atom is 0.306 e. The number of hydrogen-bond acceptors (Lipinski definition) is 6. The lowest BCUT2D eigenvalue weighted by molar-refractivity contribution is -0.686. The van der Waals surface area contributed by atoms with E-state index in [0.29, 0.717) is 17.4 Å². The van der Waals surface area contributed by atoms with E-state index in [0.717, 1.165) is 36.4 Å². The quantitative estimate of drug-likeness (QED) is 0.527. The molecule has 0 radical (unpaired) electrons. The van der Waals surface area contributed by atoms with E-state index in [2.05, 4.69) is 9.88 Å². The van der Waals surface area contributed by atoms with Crippen molar-refractivity contribution in [3.05, 3.63) is 59.8 Å². The minimum atomic E-state index is -0.242. The zero-order valence-corrected chi connectivity index (χ0v) is 15.4. The third kappa shape index (κ3) is 3.21. The molecule has 3 N–H and O–H groups in total. The number of fused-ring (bicyclic) bond motifs is 2. The van der Waals surface area contributed by atoms with Crippen molar-refractivity contribution in [1.82, 2.24) is 9.88 Å². The first-order valence-electron chi connectivity index (χ1n) is 8.91. The fourth-order valence-electron chi connectivity index (χ4n) is 3.47. The highest BCUT2D eigenvalue weighted by atomic mass is 16.5. The van der Waals surface area contributed by atoms with Gasteiger partial charge in [0.1, 0.15) is 22.8 Å². The maximum atomic E-state index is 9.84. The molecule has 0 saturated heterocycles. The van der Waals surface area contributed by atoms with E-state index < -0.39 is 0 Å². The van der Waals surface area contributed by atoms with E-state index in [4.69, 9.17) is 14.9 Å². The van der Waals surface area contributed by atoms with Gasteiger partial charge < -0.3 is 24.9 Å². The fraction of sp³-hybridized carbons (Fsp3) is 0.300. The predicted octanol–water partition coefficient (Wildman–Crippen LogP) is 2.49. The van der Waals surface area contributed by atoms with Gasteiger partial charge in [0.2, 0.25) is 12.1 Å². The second-order valence-electron chi connectivity index (χ2n) is 6.97. The molecule has 0 unspecified atom stereocenters. The highest BCUT2D eigenvalue weighted by Crippen LogP contribution is 2.48. The molecule has 27 heavy (non-hydrogen) atoms. The summed E-state index contributed by atoms with van der Waals surface area (Å²) >= 11 is 0. The number of nitrogens with zero attached hydrogens (tertiary/aromatic N) is 3. The molecule has 0 saturated carbocycles. The summed E-state index contributed by atoms with van der Waals surface area (Å²) in [6, 6.07) is 8.83. The Bertz CT molecular complexity index is 954. The minimum Gasteiger partial charge on any atom is -0.508 e. The van der Waals surface area contributed by atoms with Crippen molar-refractivity contribution < 1.29 is 18.8 Å². The molecule has 1 aromatic carbocycles. The van der Waals surface area contributed by atoms with E-state index in [1.54, 1.807) is 24.7 Å². The summed E-state index contributed by atoms with van der Waals surface area (Å²) in [5.41, 5.74) is 8.21.